The molecule has 7 heteroatoms. The minimum atomic E-state index is -0.595. The van der Waals surface area contributed by atoms with E-state index in [0.717, 1.165) is 41.6 Å². The molecule has 1 N–H and O–H groups in total. The van der Waals surface area contributed by atoms with Gasteiger partial charge in [0.25, 0.3) is 0 Å². The largest absolute Gasteiger partial charge is 0.465 e. The third-order valence-corrected chi connectivity index (χ3v) is 5.29. The predicted molar refractivity (Wildman–Crippen MR) is 85.8 cm³/mol. The molecular weight excluding hydrogens is 306 g/mol. The van der Waals surface area contributed by atoms with Crippen molar-refractivity contribution < 1.29 is 9.53 Å². The number of nitrogens with zero attached hydrogens (tertiary/aromatic N) is 2. The van der Waals surface area contributed by atoms with E-state index in [1.165, 1.54) is 11.5 Å². The maximum absolute atomic E-state index is 12.2. The molecular formula is C14H23N3O2S2. The standard InChI is InChI=1S/C14H23N3O2S2/c1-4-11-15-13(21-17-11)20-9-8-14(3,12(18)19-5-2)16-10-6-7-10/h10,16H,4-9H2,1-3H3. The highest BCUT2D eigenvalue weighted by Crippen LogP contribution is 2.28. The van der Waals surface area contributed by atoms with Crippen LogP contribution in [-0.2, 0) is 16.0 Å². The summed E-state index contributed by atoms with van der Waals surface area (Å²) < 4.78 is 10.5. The van der Waals surface area contributed by atoms with Crippen LogP contribution in [0, 0.1) is 0 Å². The Morgan fingerprint density at radius 2 is 2.29 bits per heavy atom. The Hall–Kier alpha value is -0.660. The zero-order valence-electron chi connectivity index (χ0n) is 12.8. The first-order valence-corrected chi connectivity index (χ1v) is 9.23. The highest BCUT2D eigenvalue weighted by atomic mass is 32.2. The van der Waals surface area contributed by atoms with E-state index in [9.17, 15) is 4.79 Å². The van der Waals surface area contributed by atoms with Gasteiger partial charge in [0.15, 0.2) is 4.34 Å². The van der Waals surface area contributed by atoms with E-state index in [2.05, 4.69) is 14.7 Å². The zero-order chi connectivity index (χ0) is 15.3. The summed E-state index contributed by atoms with van der Waals surface area (Å²) in [7, 11) is 0. The summed E-state index contributed by atoms with van der Waals surface area (Å²) in [5.74, 6) is 1.57. The molecule has 1 aliphatic rings. The number of hydrogen-bond donors (Lipinski definition) is 1. The van der Waals surface area contributed by atoms with Gasteiger partial charge in [0, 0.05) is 18.2 Å². The average molecular weight is 329 g/mol. The molecule has 1 unspecified atom stereocenters. The molecule has 1 aromatic rings. The Morgan fingerprint density at radius 1 is 1.52 bits per heavy atom. The van der Waals surface area contributed by atoms with Gasteiger partial charge in [-0.15, -0.1) is 0 Å². The molecule has 0 aromatic carbocycles. The van der Waals surface area contributed by atoms with E-state index in [-0.39, 0.29) is 5.97 Å². The zero-order valence-corrected chi connectivity index (χ0v) is 14.5. The number of nitrogens with one attached hydrogen (secondary N) is 1. The first kappa shape index (κ1) is 16.7. The van der Waals surface area contributed by atoms with Gasteiger partial charge in [-0.1, -0.05) is 18.7 Å². The molecule has 0 aliphatic heterocycles. The van der Waals surface area contributed by atoms with Crippen molar-refractivity contribution in [3.8, 4) is 0 Å². The lowest BCUT2D eigenvalue weighted by atomic mass is 9.99. The number of esters is 1. The monoisotopic (exact) mass is 329 g/mol. The quantitative estimate of drug-likeness (QED) is 0.555. The fraction of sp³-hybridized carbons (Fsp3) is 0.786. The van der Waals surface area contributed by atoms with E-state index in [1.807, 2.05) is 20.8 Å². The fourth-order valence-electron chi connectivity index (χ4n) is 1.98. The SMILES string of the molecule is CCOC(=O)C(C)(CCSc1nc(CC)ns1)NC1CC1. The number of ether oxygens (including phenoxy) is 1. The Kier molecular flexibility index (Phi) is 6.01. The number of thioether (sulfide) groups is 1. The number of aromatic nitrogens is 2. The highest BCUT2D eigenvalue weighted by Gasteiger charge is 2.39. The number of aryl methyl sites for hydroxylation is 1. The molecule has 1 saturated carbocycles. The van der Waals surface area contributed by atoms with Crippen molar-refractivity contribution in [3.63, 3.8) is 0 Å². The summed E-state index contributed by atoms with van der Waals surface area (Å²) in [6, 6.07) is 0.470. The maximum Gasteiger partial charge on any atom is 0.326 e. The summed E-state index contributed by atoms with van der Waals surface area (Å²) in [6.07, 6.45) is 3.89. The Labute approximate surface area is 134 Å². The van der Waals surface area contributed by atoms with Crippen molar-refractivity contribution in [1.29, 1.82) is 0 Å². The Morgan fingerprint density at radius 3 is 2.86 bits per heavy atom. The lowest BCUT2D eigenvalue weighted by molar-refractivity contribution is -0.150. The molecule has 1 heterocycles. The second kappa shape index (κ2) is 7.56. The van der Waals surface area contributed by atoms with E-state index in [0.29, 0.717) is 12.6 Å². The van der Waals surface area contributed by atoms with E-state index in [4.69, 9.17) is 4.74 Å². The van der Waals surface area contributed by atoms with Crippen LogP contribution in [0.1, 0.15) is 45.9 Å². The van der Waals surface area contributed by atoms with E-state index >= 15 is 0 Å². The van der Waals surface area contributed by atoms with Crippen LogP contribution in [0.15, 0.2) is 4.34 Å². The van der Waals surface area contributed by atoms with E-state index in [1.54, 1.807) is 11.8 Å². The average Bonchev–Trinajstić information content (AvgIpc) is 3.14. The van der Waals surface area contributed by atoms with Crippen LogP contribution in [0.25, 0.3) is 0 Å². The molecule has 0 bridgehead atoms. The second-order valence-corrected chi connectivity index (χ2v) is 7.49. The number of carbonyl (C=O) groups excluding carboxylic acids is 1. The predicted octanol–water partition coefficient (Wildman–Crippen LogP) is 2.66. The summed E-state index contributed by atoms with van der Waals surface area (Å²) in [6.45, 7) is 6.26. The normalized spacial score (nSPS) is 17.5. The fourth-order valence-corrected chi connectivity index (χ4v) is 3.91. The van der Waals surface area contributed by atoms with Crippen molar-refractivity contribution in [1.82, 2.24) is 14.7 Å². The molecule has 118 valence electrons. The first-order valence-electron chi connectivity index (χ1n) is 7.47. The second-order valence-electron chi connectivity index (χ2n) is 5.40. The van der Waals surface area contributed by atoms with Crippen molar-refractivity contribution >= 4 is 29.3 Å². The molecule has 1 aromatic heterocycles. The number of carbonyl (C=O) groups is 1. The van der Waals surface area contributed by atoms with Crippen molar-refractivity contribution in [3.05, 3.63) is 5.82 Å². The van der Waals surface area contributed by atoms with Gasteiger partial charge in [-0.3, -0.25) is 10.1 Å². The van der Waals surface area contributed by atoms with Crippen LogP contribution < -0.4 is 5.32 Å². The molecule has 5 nitrogen and oxygen atoms in total. The Balaban J connectivity index is 1.87. The first-order chi connectivity index (χ1) is 10.1. The lowest BCUT2D eigenvalue weighted by Crippen LogP contribution is -2.51. The summed E-state index contributed by atoms with van der Waals surface area (Å²) in [4.78, 5) is 16.6. The van der Waals surface area contributed by atoms with Crippen molar-refractivity contribution in [2.75, 3.05) is 12.4 Å². The molecule has 1 aliphatic carbocycles. The highest BCUT2D eigenvalue weighted by molar-refractivity contribution is 8.00. The summed E-state index contributed by atoms with van der Waals surface area (Å²) >= 11 is 3.10. The van der Waals surface area contributed by atoms with Crippen LogP contribution in [0.4, 0.5) is 0 Å². The van der Waals surface area contributed by atoms with E-state index < -0.39 is 5.54 Å². The third kappa shape index (κ3) is 4.93. The van der Waals surface area contributed by atoms with Crippen molar-refractivity contribution in [2.45, 2.75) is 62.4 Å². The summed E-state index contributed by atoms with van der Waals surface area (Å²) in [5.41, 5.74) is -0.595. The molecule has 21 heavy (non-hydrogen) atoms. The van der Waals surface area contributed by atoms with Crippen LogP contribution in [0.2, 0.25) is 0 Å². The number of rotatable bonds is 9. The molecule has 0 spiro atoms. The van der Waals surface area contributed by atoms with Gasteiger partial charge >= 0.3 is 5.97 Å². The summed E-state index contributed by atoms with van der Waals surface area (Å²) in [5, 5.41) is 3.43. The molecule has 0 amide bonds. The van der Waals surface area contributed by atoms with Gasteiger partial charge in [0.2, 0.25) is 0 Å². The number of hydrogen-bond acceptors (Lipinski definition) is 7. The molecule has 1 fully saturated rings. The smallest absolute Gasteiger partial charge is 0.326 e. The maximum atomic E-state index is 12.2. The Bertz CT molecular complexity index is 477. The molecule has 0 radical (unpaired) electrons. The van der Waals surface area contributed by atoms with Gasteiger partial charge < -0.3 is 4.74 Å². The molecule has 0 saturated heterocycles. The van der Waals surface area contributed by atoms with Crippen LogP contribution in [0.3, 0.4) is 0 Å². The minimum absolute atomic E-state index is 0.149. The van der Waals surface area contributed by atoms with Crippen LogP contribution in [0.5, 0.6) is 0 Å². The van der Waals surface area contributed by atoms with Crippen molar-refractivity contribution in [2.24, 2.45) is 0 Å². The van der Waals surface area contributed by atoms with Gasteiger partial charge in [-0.05, 0) is 44.6 Å². The van der Waals surface area contributed by atoms with Gasteiger partial charge in [0.05, 0.1) is 6.61 Å². The van der Waals surface area contributed by atoms with Gasteiger partial charge in [-0.2, -0.15) is 4.37 Å². The van der Waals surface area contributed by atoms with Crippen LogP contribution >= 0.6 is 23.3 Å². The lowest BCUT2D eigenvalue weighted by Gasteiger charge is -2.28. The third-order valence-electron chi connectivity index (χ3n) is 3.42. The van der Waals surface area contributed by atoms with Crippen LogP contribution in [-0.4, -0.2) is 39.3 Å². The topological polar surface area (TPSA) is 64.1 Å². The molecule has 2 rings (SSSR count). The minimum Gasteiger partial charge on any atom is -0.465 e. The van der Waals surface area contributed by atoms with Gasteiger partial charge in [-0.25, -0.2) is 4.98 Å². The van der Waals surface area contributed by atoms with Gasteiger partial charge in [0.1, 0.15) is 11.4 Å². The molecule has 1 atom stereocenters.